The van der Waals surface area contributed by atoms with Gasteiger partial charge in [0.05, 0.1) is 21.3 Å². The molecule has 5 nitrogen and oxygen atoms in total. The van der Waals surface area contributed by atoms with Gasteiger partial charge in [-0.2, -0.15) is 0 Å². The summed E-state index contributed by atoms with van der Waals surface area (Å²) >= 11 is 11.3. The minimum absolute atomic E-state index is 0.000565. The summed E-state index contributed by atoms with van der Waals surface area (Å²) in [6, 6.07) is 2.65. The van der Waals surface area contributed by atoms with E-state index in [2.05, 4.69) is 10.0 Å². The summed E-state index contributed by atoms with van der Waals surface area (Å²) in [4.78, 5) is 13.2. The Kier molecular flexibility index (Phi) is 3.19. The summed E-state index contributed by atoms with van der Waals surface area (Å²) in [7, 11) is 0. The van der Waals surface area contributed by atoms with E-state index in [0.29, 0.717) is 0 Å². The summed E-state index contributed by atoms with van der Waals surface area (Å²) in [6.45, 7) is 0. The predicted molar refractivity (Wildman–Crippen MR) is 52.2 cm³/mol. The Balaban J connectivity index is 3.48. The Labute approximate surface area is 88.5 Å². The van der Waals surface area contributed by atoms with Gasteiger partial charge in [-0.25, -0.2) is 4.79 Å². The second kappa shape index (κ2) is 4.19. The molecule has 1 rings (SSSR count). The van der Waals surface area contributed by atoms with E-state index in [1.165, 1.54) is 12.1 Å². The molecule has 14 heavy (non-hydrogen) atoms. The van der Waals surface area contributed by atoms with Crippen LogP contribution in [-0.4, -0.2) is 11.1 Å². The molecular formula is C7H3Cl2N3O2. The fourth-order valence-electron chi connectivity index (χ4n) is 0.863. The van der Waals surface area contributed by atoms with E-state index >= 15 is 0 Å². The fourth-order valence-corrected chi connectivity index (χ4v) is 1.43. The van der Waals surface area contributed by atoms with Crippen molar-refractivity contribution in [2.75, 3.05) is 0 Å². The van der Waals surface area contributed by atoms with Gasteiger partial charge in [-0.1, -0.05) is 28.3 Å². The molecule has 0 fully saturated rings. The number of rotatable bonds is 2. The van der Waals surface area contributed by atoms with Crippen LogP contribution >= 0.6 is 23.2 Å². The Morgan fingerprint density at radius 3 is 2.64 bits per heavy atom. The van der Waals surface area contributed by atoms with Crippen LogP contribution in [0.4, 0.5) is 5.69 Å². The molecule has 0 aliphatic rings. The lowest BCUT2D eigenvalue weighted by atomic mass is 10.2. The number of nitrogens with zero attached hydrogens (tertiary/aromatic N) is 3. The van der Waals surface area contributed by atoms with Crippen LogP contribution in [-0.2, 0) is 0 Å². The third kappa shape index (κ3) is 1.90. The first-order valence-corrected chi connectivity index (χ1v) is 4.10. The Morgan fingerprint density at radius 1 is 1.50 bits per heavy atom. The summed E-state index contributed by atoms with van der Waals surface area (Å²) in [5.74, 6) is -1.27. The van der Waals surface area contributed by atoms with Crippen molar-refractivity contribution >= 4 is 34.9 Å². The van der Waals surface area contributed by atoms with Gasteiger partial charge in [0, 0.05) is 4.91 Å². The molecule has 0 bridgehead atoms. The average Bonchev–Trinajstić information content (AvgIpc) is 2.10. The van der Waals surface area contributed by atoms with Gasteiger partial charge in [-0.15, -0.1) is 0 Å². The lowest BCUT2D eigenvalue weighted by Gasteiger charge is -2.03. The number of azide groups is 1. The van der Waals surface area contributed by atoms with Crippen molar-refractivity contribution in [1.29, 1.82) is 0 Å². The molecule has 1 N–H and O–H groups in total. The highest BCUT2D eigenvalue weighted by Crippen LogP contribution is 2.33. The maximum Gasteiger partial charge on any atom is 0.338 e. The molecule has 0 heterocycles. The van der Waals surface area contributed by atoms with Crippen LogP contribution in [0.3, 0.4) is 0 Å². The van der Waals surface area contributed by atoms with Crippen LogP contribution < -0.4 is 0 Å². The number of carboxylic acids is 1. The van der Waals surface area contributed by atoms with E-state index in [9.17, 15) is 4.79 Å². The number of hydrogen-bond donors (Lipinski definition) is 1. The largest absolute Gasteiger partial charge is 0.478 e. The van der Waals surface area contributed by atoms with E-state index in [0.717, 1.165) is 0 Å². The average molecular weight is 232 g/mol. The van der Waals surface area contributed by atoms with E-state index in [1.54, 1.807) is 0 Å². The zero-order chi connectivity index (χ0) is 10.7. The molecule has 1 aromatic rings. The maximum absolute atomic E-state index is 10.7. The lowest BCUT2D eigenvalue weighted by Crippen LogP contribution is -1.98. The molecule has 0 aliphatic carbocycles. The standard InChI is InChI=1S/C7H3Cl2N3O2/c8-3-1-2-4(11-12-10)6(9)5(3)7(13)14/h1-2H,(H,13,14). The van der Waals surface area contributed by atoms with Crippen LogP contribution in [0.15, 0.2) is 17.2 Å². The highest BCUT2D eigenvalue weighted by atomic mass is 35.5. The molecule has 0 amide bonds. The third-order valence-electron chi connectivity index (χ3n) is 1.44. The van der Waals surface area contributed by atoms with E-state index in [4.69, 9.17) is 33.8 Å². The monoisotopic (exact) mass is 231 g/mol. The molecular weight excluding hydrogens is 229 g/mol. The molecule has 0 saturated heterocycles. The quantitative estimate of drug-likeness (QED) is 0.479. The maximum atomic E-state index is 10.7. The summed E-state index contributed by atoms with van der Waals surface area (Å²) in [5, 5.41) is 11.8. The molecule has 0 radical (unpaired) electrons. The number of halogens is 2. The SMILES string of the molecule is [N-]=[N+]=Nc1ccc(Cl)c(C(=O)O)c1Cl. The van der Waals surface area contributed by atoms with Crippen LogP contribution in [0.1, 0.15) is 10.4 Å². The van der Waals surface area contributed by atoms with Gasteiger partial charge < -0.3 is 5.11 Å². The molecule has 1 aromatic carbocycles. The van der Waals surface area contributed by atoms with Crippen molar-refractivity contribution in [3.8, 4) is 0 Å². The molecule has 0 saturated carbocycles. The van der Waals surface area contributed by atoms with Crippen molar-refractivity contribution in [3.05, 3.63) is 38.2 Å². The van der Waals surface area contributed by atoms with Gasteiger partial charge in [0.15, 0.2) is 0 Å². The van der Waals surface area contributed by atoms with Crippen molar-refractivity contribution in [3.63, 3.8) is 0 Å². The predicted octanol–water partition coefficient (Wildman–Crippen LogP) is 3.63. The highest BCUT2D eigenvalue weighted by Gasteiger charge is 2.15. The molecule has 0 atom stereocenters. The van der Waals surface area contributed by atoms with Gasteiger partial charge in [0.1, 0.15) is 0 Å². The number of aromatic carboxylic acids is 1. The summed E-state index contributed by atoms with van der Waals surface area (Å²) in [6.07, 6.45) is 0. The number of carbonyl (C=O) groups is 1. The Hall–Kier alpha value is -1.42. The highest BCUT2D eigenvalue weighted by molar-refractivity contribution is 6.40. The molecule has 0 aliphatic heterocycles. The first-order chi connectivity index (χ1) is 6.57. The summed E-state index contributed by atoms with van der Waals surface area (Å²) < 4.78 is 0. The lowest BCUT2D eigenvalue weighted by molar-refractivity contribution is 0.0697. The van der Waals surface area contributed by atoms with Crippen LogP contribution in [0.25, 0.3) is 10.4 Å². The van der Waals surface area contributed by atoms with Crippen molar-refractivity contribution in [1.82, 2.24) is 0 Å². The number of carboxylic acid groups (broad SMARTS) is 1. The number of hydrogen-bond acceptors (Lipinski definition) is 2. The minimum atomic E-state index is -1.27. The summed E-state index contributed by atoms with van der Waals surface area (Å²) in [5.41, 5.74) is 7.93. The normalized spacial score (nSPS) is 9.29. The van der Waals surface area contributed by atoms with Gasteiger partial charge >= 0.3 is 5.97 Å². The smallest absolute Gasteiger partial charge is 0.338 e. The van der Waals surface area contributed by atoms with Crippen molar-refractivity contribution in [2.24, 2.45) is 5.11 Å². The number of benzene rings is 1. The van der Waals surface area contributed by atoms with E-state index < -0.39 is 5.97 Å². The molecule has 0 aromatic heterocycles. The van der Waals surface area contributed by atoms with Crippen molar-refractivity contribution in [2.45, 2.75) is 0 Å². The van der Waals surface area contributed by atoms with Gasteiger partial charge in [0.2, 0.25) is 0 Å². The Bertz CT molecular complexity index is 441. The molecule has 72 valence electrons. The van der Waals surface area contributed by atoms with Gasteiger partial charge in [0.25, 0.3) is 0 Å². The third-order valence-corrected chi connectivity index (χ3v) is 2.13. The second-order valence-electron chi connectivity index (χ2n) is 2.25. The molecule has 7 heteroatoms. The topological polar surface area (TPSA) is 86.1 Å². The van der Waals surface area contributed by atoms with Crippen molar-refractivity contribution < 1.29 is 9.90 Å². The fraction of sp³-hybridized carbons (Fsp3) is 0. The van der Waals surface area contributed by atoms with E-state index in [-0.39, 0.29) is 21.3 Å². The minimum Gasteiger partial charge on any atom is -0.478 e. The van der Waals surface area contributed by atoms with E-state index in [1.807, 2.05) is 0 Å². The molecule has 0 spiro atoms. The zero-order valence-corrected chi connectivity index (χ0v) is 8.12. The Morgan fingerprint density at radius 2 is 2.14 bits per heavy atom. The second-order valence-corrected chi connectivity index (χ2v) is 3.04. The van der Waals surface area contributed by atoms with Crippen LogP contribution in [0.5, 0.6) is 0 Å². The zero-order valence-electron chi connectivity index (χ0n) is 6.61. The van der Waals surface area contributed by atoms with Crippen LogP contribution in [0.2, 0.25) is 10.0 Å². The first kappa shape index (κ1) is 10.7. The van der Waals surface area contributed by atoms with Gasteiger partial charge in [-0.05, 0) is 17.7 Å². The van der Waals surface area contributed by atoms with Crippen LogP contribution in [0, 0.1) is 0 Å². The first-order valence-electron chi connectivity index (χ1n) is 3.34. The van der Waals surface area contributed by atoms with Gasteiger partial charge in [-0.3, -0.25) is 0 Å². The molecule has 0 unspecified atom stereocenters.